The highest BCUT2D eigenvalue weighted by atomic mass is 79.9. The van der Waals surface area contributed by atoms with E-state index in [4.69, 9.17) is 4.74 Å². The van der Waals surface area contributed by atoms with Gasteiger partial charge in [-0.15, -0.1) is 0 Å². The van der Waals surface area contributed by atoms with Gasteiger partial charge in [0, 0.05) is 23.8 Å². The first kappa shape index (κ1) is 10.9. The Bertz CT molecular complexity index is 335. The summed E-state index contributed by atoms with van der Waals surface area (Å²) in [5.74, 6) is 1.02. The summed E-state index contributed by atoms with van der Waals surface area (Å²) in [6.45, 7) is 6.02. The van der Waals surface area contributed by atoms with Gasteiger partial charge in [-0.2, -0.15) is 0 Å². The Morgan fingerprint density at radius 2 is 2.07 bits per heavy atom. The van der Waals surface area contributed by atoms with Gasteiger partial charge < -0.3 is 9.64 Å². The van der Waals surface area contributed by atoms with Crippen LogP contribution in [0.5, 0.6) is 0 Å². The second-order valence-electron chi connectivity index (χ2n) is 3.99. The molecule has 0 aromatic carbocycles. The molecule has 1 aromatic rings. The molecule has 2 rings (SSSR count). The maximum absolute atomic E-state index is 5.69. The minimum atomic E-state index is 0.273. The number of morpholine rings is 1. The van der Waals surface area contributed by atoms with Gasteiger partial charge in [0.15, 0.2) is 0 Å². The first-order valence-corrected chi connectivity index (χ1v) is 5.96. The van der Waals surface area contributed by atoms with Crippen molar-refractivity contribution in [1.82, 2.24) is 4.98 Å². The normalized spacial score (nSPS) is 26.7. The molecule has 4 heteroatoms. The van der Waals surface area contributed by atoms with Crippen molar-refractivity contribution >= 4 is 21.7 Å². The van der Waals surface area contributed by atoms with Crippen molar-refractivity contribution in [3.8, 4) is 0 Å². The van der Waals surface area contributed by atoms with Crippen molar-refractivity contribution in [2.75, 3.05) is 18.0 Å². The van der Waals surface area contributed by atoms with Crippen molar-refractivity contribution < 1.29 is 4.74 Å². The van der Waals surface area contributed by atoms with E-state index in [2.05, 4.69) is 39.7 Å². The van der Waals surface area contributed by atoms with Crippen LogP contribution in [-0.2, 0) is 4.74 Å². The van der Waals surface area contributed by atoms with E-state index in [1.807, 2.05) is 18.3 Å². The van der Waals surface area contributed by atoms with Crippen molar-refractivity contribution in [3.63, 3.8) is 0 Å². The fraction of sp³-hybridized carbons (Fsp3) is 0.545. The van der Waals surface area contributed by atoms with Crippen LogP contribution in [0.2, 0.25) is 0 Å². The fourth-order valence-electron chi connectivity index (χ4n) is 1.93. The molecule has 2 heterocycles. The number of hydrogen-bond donors (Lipinski definition) is 0. The summed E-state index contributed by atoms with van der Waals surface area (Å²) < 4.78 is 6.76. The highest BCUT2D eigenvalue weighted by Crippen LogP contribution is 2.20. The fourth-order valence-corrected chi connectivity index (χ4v) is 2.25. The molecule has 2 unspecified atom stereocenters. The SMILES string of the molecule is CC1CN(c2cc(Br)ccn2)CC(C)O1. The van der Waals surface area contributed by atoms with Crippen LogP contribution in [0.3, 0.4) is 0 Å². The van der Waals surface area contributed by atoms with Crippen LogP contribution in [0.1, 0.15) is 13.8 Å². The molecule has 1 aliphatic heterocycles. The molecule has 15 heavy (non-hydrogen) atoms. The number of hydrogen-bond acceptors (Lipinski definition) is 3. The van der Waals surface area contributed by atoms with Gasteiger partial charge in [0.1, 0.15) is 5.82 Å². The first-order valence-electron chi connectivity index (χ1n) is 5.17. The molecule has 3 nitrogen and oxygen atoms in total. The molecule has 0 amide bonds. The molecule has 1 aliphatic rings. The van der Waals surface area contributed by atoms with Gasteiger partial charge in [-0.3, -0.25) is 0 Å². The molecule has 1 aromatic heterocycles. The number of anilines is 1. The van der Waals surface area contributed by atoms with Crippen LogP contribution in [0.15, 0.2) is 22.8 Å². The topological polar surface area (TPSA) is 25.4 Å². The van der Waals surface area contributed by atoms with Crippen LogP contribution in [0.25, 0.3) is 0 Å². The van der Waals surface area contributed by atoms with E-state index < -0.39 is 0 Å². The molecular formula is C11H15BrN2O. The van der Waals surface area contributed by atoms with Crippen LogP contribution in [0.4, 0.5) is 5.82 Å². The molecule has 1 fully saturated rings. The molecule has 0 saturated carbocycles. The lowest BCUT2D eigenvalue weighted by Crippen LogP contribution is -2.45. The third kappa shape index (κ3) is 2.69. The molecular weight excluding hydrogens is 256 g/mol. The molecule has 0 aliphatic carbocycles. The summed E-state index contributed by atoms with van der Waals surface area (Å²) >= 11 is 3.46. The predicted molar refractivity (Wildman–Crippen MR) is 64.2 cm³/mol. The average molecular weight is 271 g/mol. The van der Waals surface area contributed by atoms with Crippen LogP contribution in [0, 0.1) is 0 Å². The van der Waals surface area contributed by atoms with Gasteiger partial charge in [-0.25, -0.2) is 4.98 Å². The summed E-state index contributed by atoms with van der Waals surface area (Å²) in [6, 6.07) is 3.99. The van der Waals surface area contributed by atoms with E-state index in [0.29, 0.717) is 0 Å². The first-order chi connectivity index (χ1) is 7.15. The Labute approximate surface area is 98.6 Å². The van der Waals surface area contributed by atoms with E-state index in [-0.39, 0.29) is 12.2 Å². The lowest BCUT2D eigenvalue weighted by atomic mass is 10.2. The molecule has 0 spiro atoms. The van der Waals surface area contributed by atoms with Crippen LogP contribution >= 0.6 is 15.9 Å². The van der Waals surface area contributed by atoms with E-state index in [9.17, 15) is 0 Å². The summed E-state index contributed by atoms with van der Waals surface area (Å²) in [4.78, 5) is 6.64. The second kappa shape index (κ2) is 4.49. The number of ether oxygens (including phenoxy) is 1. The Morgan fingerprint density at radius 3 is 2.67 bits per heavy atom. The summed E-state index contributed by atoms with van der Waals surface area (Å²) in [5, 5.41) is 0. The zero-order valence-corrected chi connectivity index (χ0v) is 10.6. The third-order valence-corrected chi connectivity index (χ3v) is 2.94. The van der Waals surface area contributed by atoms with Crippen molar-refractivity contribution in [2.45, 2.75) is 26.1 Å². The highest BCUT2D eigenvalue weighted by Gasteiger charge is 2.22. The van der Waals surface area contributed by atoms with Gasteiger partial charge in [-0.05, 0) is 26.0 Å². The van der Waals surface area contributed by atoms with Gasteiger partial charge in [0.25, 0.3) is 0 Å². The van der Waals surface area contributed by atoms with Gasteiger partial charge in [0.05, 0.1) is 12.2 Å². The van der Waals surface area contributed by atoms with E-state index in [1.54, 1.807) is 0 Å². The van der Waals surface area contributed by atoms with E-state index in [0.717, 1.165) is 23.4 Å². The maximum Gasteiger partial charge on any atom is 0.129 e. The van der Waals surface area contributed by atoms with Gasteiger partial charge in [-0.1, -0.05) is 15.9 Å². The number of halogens is 1. The Morgan fingerprint density at radius 1 is 1.40 bits per heavy atom. The molecule has 0 radical (unpaired) electrons. The quantitative estimate of drug-likeness (QED) is 0.784. The van der Waals surface area contributed by atoms with E-state index in [1.165, 1.54) is 0 Å². The second-order valence-corrected chi connectivity index (χ2v) is 4.91. The van der Waals surface area contributed by atoms with Crippen LogP contribution in [-0.4, -0.2) is 30.3 Å². The third-order valence-electron chi connectivity index (χ3n) is 2.45. The minimum absolute atomic E-state index is 0.273. The summed E-state index contributed by atoms with van der Waals surface area (Å²) in [5.41, 5.74) is 0. The zero-order valence-electron chi connectivity index (χ0n) is 8.98. The summed E-state index contributed by atoms with van der Waals surface area (Å²) in [7, 11) is 0. The van der Waals surface area contributed by atoms with E-state index >= 15 is 0 Å². The number of rotatable bonds is 1. The molecule has 0 N–H and O–H groups in total. The van der Waals surface area contributed by atoms with Crippen molar-refractivity contribution in [3.05, 3.63) is 22.8 Å². The monoisotopic (exact) mass is 270 g/mol. The molecule has 82 valence electrons. The Hall–Kier alpha value is -0.610. The van der Waals surface area contributed by atoms with Gasteiger partial charge >= 0.3 is 0 Å². The number of nitrogens with zero attached hydrogens (tertiary/aromatic N) is 2. The lowest BCUT2D eigenvalue weighted by molar-refractivity contribution is -0.00546. The summed E-state index contributed by atoms with van der Waals surface area (Å²) in [6.07, 6.45) is 2.37. The molecule has 1 saturated heterocycles. The standard InChI is InChI=1S/C11H15BrN2O/c1-8-6-14(7-9(2)15-8)11-5-10(12)3-4-13-11/h3-5,8-9H,6-7H2,1-2H3. The maximum atomic E-state index is 5.69. The van der Waals surface area contributed by atoms with Crippen molar-refractivity contribution in [2.24, 2.45) is 0 Å². The Balaban J connectivity index is 2.16. The van der Waals surface area contributed by atoms with Gasteiger partial charge in [0.2, 0.25) is 0 Å². The Kier molecular flexibility index (Phi) is 3.26. The van der Waals surface area contributed by atoms with Crippen LogP contribution < -0.4 is 4.90 Å². The predicted octanol–water partition coefficient (Wildman–Crippen LogP) is 2.46. The number of aromatic nitrogens is 1. The zero-order chi connectivity index (χ0) is 10.8. The molecule has 0 bridgehead atoms. The number of pyridine rings is 1. The van der Waals surface area contributed by atoms with Crippen molar-refractivity contribution in [1.29, 1.82) is 0 Å². The smallest absolute Gasteiger partial charge is 0.129 e. The highest BCUT2D eigenvalue weighted by molar-refractivity contribution is 9.10. The lowest BCUT2D eigenvalue weighted by Gasteiger charge is -2.36. The average Bonchev–Trinajstić information content (AvgIpc) is 2.16. The largest absolute Gasteiger partial charge is 0.372 e. The molecule has 2 atom stereocenters. The minimum Gasteiger partial charge on any atom is -0.372 e.